The Balaban J connectivity index is 2.98. The first kappa shape index (κ1) is 10.8. The molecule has 1 heterocycles. The zero-order valence-corrected chi connectivity index (χ0v) is 9.46. The smallest absolute Gasteiger partial charge is 0.0710 e. The Labute approximate surface area is 86.3 Å². The Kier molecular flexibility index (Phi) is 3.00. The third-order valence-corrected chi connectivity index (χ3v) is 2.15. The van der Waals surface area contributed by atoms with Gasteiger partial charge in [0.2, 0.25) is 0 Å². The molecule has 2 heteroatoms. The molecule has 1 aromatic rings. The number of aromatic nitrogens is 2. The molecule has 0 aliphatic carbocycles. The van der Waals surface area contributed by atoms with E-state index in [1.54, 1.807) is 0 Å². The van der Waals surface area contributed by atoms with E-state index in [0.717, 1.165) is 18.5 Å². The van der Waals surface area contributed by atoms with E-state index in [0.29, 0.717) is 0 Å². The van der Waals surface area contributed by atoms with Crippen LogP contribution in [0.4, 0.5) is 0 Å². The highest BCUT2D eigenvalue weighted by molar-refractivity contribution is 5.24. The van der Waals surface area contributed by atoms with Crippen LogP contribution in [0, 0.1) is 12.3 Å². The van der Waals surface area contributed by atoms with Gasteiger partial charge in [-0.15, -0.1) is 12.3 Å². The summed E-state index contributed by atoms with van der Waals surface area (Å²) in [6.45, 7) is 6.53. The van der Waals surface area contributed by atoms with Crippen molar-refractivity contribution in [2.75, 3.05) is 0 Å². The number of terminal acetylenes is 1. The third-order valence-electron chi connectivity index (χ3n) is 2.15. The van der Waals surface area contributed by atoms with Crippen LogP contribution in [0.3, 0.4) is 0 Å². The van der Waals surface area contributed by atoms with Gasteiger partial charge in [0, 0.05) is 25.1 Å². The first-order chi connectivity index (χ1) is 6.45. The fourth-order valence-corrected chi connectivity index (χ4v) is 1.56. The van der Waals surface area contributed by atoms with E-state index in [1.165, 1.54) is 5.56 Å². The Bertz CT molecular complexity index is 347. The second-order valence-electron chi connectivity index (χ2n) is 4.63. The number of rotatable bonds is 2. The van der Waals surface area contributed by atoms with Crippen molar-refractivity contribution in [3.05, 3.63) is 17.5 Å². The maximum Gasteiger partial charge on any atom is 0.0710 e. The van der Waals surface area contributed by atoms with Gasteiger partial charge in [-0.1, -0.05) is 20.8 Å². The lowest BCUT2D eigenvalue weighted by Crippen LogP contribution is -2.14. The molecule has 0 radical (unpaired) electrons. The van der Waals surface area contributed by atoms with Crippen molar-refractivity contribution in [2.45, 2.75) is 39.0 Å². The standard InChI is InChI=1S/C12H18N2/c1-6-7-8-10-9-14(5)13-11(10)12(2,3)4/h1,9H,7-8H2,2-5H3. The molecule has 0 aliphatic rings. The Morgan fingerprint density at radius 2 is 2.14 bits per heavy atom. The van der Waals surface area contributed by atoms with Crippen LogP contribution >= 0.6 is 0 Å². The molecule has 76 valence electrons. The summed E-state index contributed by atoms with van der Waals surface area (Å²) in [5, 5.41) is 4.48. The van der Waals surface area contributed by atoms with Crippen LogP contribution < -0.4 is 0 Å². The summed E-state index contributed by atoms with van der Waals surface area (Å²) >= 11 is 0. The van der Waals surface area contributed by atoms with Crippen LogP contribution in [0.5, 0.6) is 0 Å². The summed E-state index contributed by atoms with van der Waals surface area (Å²) in [6.07, 6.45) is 9.05. The van der Waals surface area contributed by atoms with Gasteiger partial charge in [-0.2, -0.15) is 5.10 Å². The van der Waals surface area contributed by atoms with Gasteiger partial charge < -0.3 is 0 Å². The lowest BCUT2D eigenvalue weighted by Gasteiger charge is -2.17. The van der Waals surface area contributed by atoms with Crippen LogP contribution in [-0.2, 0) is 18.9 Å². The summed E-state index contributed by atoms with van der Waals surface area (Å²) in [7, 11) is 1.95. The summed E-state index contributed by atoms with van der Waals surface area (Å²) in [5.74, 6) is 2.67. The van der Waals surface area contributed by atoms with Gasteiger partial charge in [0.1, 0.15) is 0 Å². The fourth-order valence-electron chi connectivity index (χ4n) is 1.56. The molecule has 0 N–H and O–H groups in total. The second kappa shape index (κ2) is 3.88. The zero-order valence-electron chi connectivity index (χ0n) is 9.46. The highest BCUT2D eigenvalue weighted by Gasteiger charge is 2.21. The molecule has 0 bridgehead atoms. The van der Waals surface area contributed by atoms with Crippen molar-refractivity contribution < 1.29 is 0 Å². The van der Waals surface area contributed by atoms with E-state index in [4.69, 9.17) is 6.42 Å². The van der Waals surface area contributed by atoms with Crippen LogP contribution in [0.15, 0.2) is 6.20 Å². The van der Waals surface area contributed by atoms with Crippen molar-refractivity contribution in [3.63, 3.8) is 0 Å². The van der Waals surface area contributed by atoms with Gasteiger partial charge in [-0.05, 0) is 12.0 Å². The van der Waals surface area contributed by atoms with Gasteiger partial charge in [0.25, 0.3) is 0 Å². The molecular formula is C12H18N2. The molecule has 0 unspecified atom stereocenters. The van der Waals surface area contributed by atoms with Gasteiger partial charge in [-0.25, -0.2) is 0 Å². The molecule has 0 saturated heterocycles. The number of hydrogen-bond donors (Lipinski definition) is 0. The quantitative estimate of drug-likeness (QED) is 0.654. The molecular weight excluding hydrogens is 172 g/mol. The number of nitrogens with zero attached hydrogens (tertiary/aromatic N) is 2. The lowest BCUT2D eigenvalue weighted by molar-refractivity contribution is 0.548. The first-order valence-electron chi connectivity index (χ1n) is 4.91. The largest absolute Gasteiger partial charge is 0.275 e. The topological polar surface area (TPSA) is 17.8 Å². The molecule has 0 fully saturated rings. The first-order valence-corrected chi connectivity index (χ1v) is 4.91. The van der Waals surface area contributed by atoms with Gasteiger partial charge in [0.05, 0.1) is 5.69 Å². The Morgan fingerprint density at radius 1 is 1.50 bits per heavy atom. The Hall–Kier alpha value is -1.23. The summed E-state index contributed by atoms with van der Waals surface area (Å²) < 4.78 is 1.87. The van der Waals surface area contributed by atoms with Crippen molar-refractivity contribution in [3.8, 4) is 12.3 Å². The van der Waals surface area contributed by atoms with Crippen molar-refractivity contribution in [1.29, 1.82) is 0 Å². The van der Waals surface area contributed by atoms with Crippen LogP contribution in [0.25, 0.3) is 0 Å². The minimum atomic E-state index is 0.102. The highest BCUT2D eigenvalue weighted by atomic mass is 15.3. The summed E-state index contributed by atoms with van der Waals surface area (Å²) in [5.41, 5.74) is 2.54. The van der Waals surface area contributed by atoms with Gasteiger partial charge in [-0.3, -0.25) is 4.68 Å². The SMILES string of the molecule is C#CCCc1cn(C)nc1C(C)(C)C. The van der Waals surface area contributed by atoms with Crippen LogP contribution in [0.2, 0.25) is 0 Å². The predicted octanol–water partition coefficient (Wildman–Crippen LogP) is 2.28. The fraction of sp³-hybridized carbons (Fsp3) is 0.583. The molecule has 0 atom stereocenters. The van der Waals surface area contributed by atoms with Crippen LogP contribution in [-0.4, -0.2) is 9.78 Å². The summed E-state index contributed by atoms with van der Waals surface area (Å²) in [4.78, 5) is 0. The monoisotopic (exact) mass is 190 g/mol. The molecule has 1 aromatic heterocycles. The van der Waals surface area contributed by atoms with E-state index >= 15 is 0 Å². The average molecular weight is 190 g/mol. The minimum absolute atomic E-state index is 0.102. The molecule has 14 heavy (non-hydrogen) atoms. The number of hydrogen-bond acceptors (Lipinski definition) is 1. The van der Waals surface area contributed by atoms with Crippen molar-refractivity contribution >= 4 is 0 Å². The maximum absolute atomic E-state index is 5.27. The average Bonchev–Trinajstić information content (AvgIpc) is 2.42. The minimum Gasteiger partial charge on any atom is -0.275 e. The third kappa shape index (κ3) is 2.38. The van der Waals surface area contributed by atoms with E-state index in [1.807, 2.05) is 11.7 Å². The molecule has 1 rings (SSSR count). The van der Waals surface area contributed by atoms with Crippen molar-refractivity contribution in [2.24, 2.45) is 7.05 Å². The van der Waals surface area contributed by atoms with E-state index in [9.17, 15) is 0 Å². The maximum atomic E-state index is 5.27. The number of aryl methyl sites for hydroxylation is 2. The molecule has 0 spiro atoms. The molecule has 0 saturated carbocycles. The van der Waals surface area contributed by atoms with E-state index < -0.39 is 0 Å². The van der Waals surface area contributed by atoms with Crippen LogP contribution in [0.1, 0.15) is 38.4 Å². The summed E-state index contributed by atoms with van der Waals surface area (Å²) in [6, 6.07) is 0. The molecule has 2 nitrogen and oxygen atoms in total. The molecule has 0 aliphatic heterocycles. The van der Waals surface area contributed by atoms with Gasteiger partial charge in [0.15, 0.2) is 0 Å². The zero-order chi connectivity index (χ0) is 10.8. The van der Waals surface area contributed by atoms with E-state index in [2.05, 4.69) is 38.0 Å². The second-order valence-corrected chi connectivity index (χ2v) is 4.63. The molecule has 0 amide bonds. The van der Waals surface area contributed by atoms with E-state index in [-0.39, 0.29) is 5.41 Å². The molecule has 0 aromatic carbocycles. The van der Waals surface area contributed by atoms with Crippen molar-refractivity contribution in [1.82, 2.24) is 9.78 Å². The normalized spacial score (nSPS) is 11.4. The van der Waals surface area contributed by atoms with Gasteiger partial charge >= 0.3 is 0 Å². The predicted molar refractivity (Wildman–Crippen MR) is 59.1 cm³/mol. The lowest BCUT2D eigenvalue weighted by atomic mass is 9.88. The highest BCUT2D eigenvalue weighted by Crippen LogP contribution is 2.24. The Morgan fingerprint density at radius 3 is 2.64 bits per heavy atom.